The quantitative estimate of drug-likeness (QED) is 0.685. The highest BCUT2D eigenvalue weighted by atomic mass is 16.1. The molecule has 0 aliphatic carbocycles. The van der Waals surface area contributed by atoms with E-state index in [1.54, 1.807) is 0 Å². The molecule has 2 heterocycles. The molecule has 2 aliphatic heterocycles. The maximum atomic E-state index is 10.9. The summed E-state index contributed by atoms with van der Waals surface area (Å²) >= 11 is 0. The average molecular weight is 240 g/mol. The van der Waals surface area contributed by atoms with Crippen LogP contribution in [0.4, 0.5) is 0 Å². The van der Waals surface area contributed by atoms with E-state index in [-0.39, 0.29) is 5.91 Å². The van der Waals surface area contributed by atoms with Crippen molar-refractivity contribution in [3.05, 3.63) is 0 Å². The van der Waals surface area contributed by atoms with Crippen molar-refractivity contribution in [2.75, 3.05) is 32.7 Å². The molecule has 2 unspecified atom stereocenters. The van der Waals surface area contributed by atoms with Gasteiger partial charge >= 0.3 is 0 Å². The van der Waals surface area contributed by atoms with Crippen molar-refractivity contribution in [2.45, 2.75) is 37.8 Å². The molecule has 2 atom stereocenters. The first kappa shape index (κ1) is 12.8. The van der Waals surface area contributed by atoms with Gasteiger partial charge in [-0.3, -0.25) is 9.69 Å². The van der Waals surface area contributed by atoms with Crippen molar-refractivity contribution >= 4 is 5.91 Å². The highest BCUT2D eigenvalue weighted by Gasteiger charge is 2.28. The molecule has 2 fully saturated rings. The van der Waals surface area contributed by atoms with Crippen molar-refractivity contribution < 1.29 is 4.79 Å². The van der Waals surface area contributed by atoms with Crippen molar-refractivity contribution in [2.24, 2.45) is 11.5 Å². The maximum Gasteiger partial charge on any atom is 0.234 e. The summed E-state index contributed by atoms with van der Waals surface area (Å²) in [7, 11) is 0. The molecule has 0 aromatic carbocycles. The summed E-state index contributed by atoms with van der Waals surface area (Å²) in [4.78, 5) is 15.9. The van der Waals surface area contributed by atoms with Crippen molar-refractivity contribution in [1.29, 1.82) is 0 Å². The molecule has 98 valence electrons. The summed E-state index contributed by atoms with van der Waals surface area (Å²) in [5.41, 5.74) is 10.8. The van der Waals surface area contributed by atoms with Gasteiger partial charge in [-0.25, -0.2) is 0 Å². The smallest absolute Gasteiger partial charge is 0.234 e. The maximum absolute atomic E-state index is 10.9. The van der Waals surface area contributed by atoms with Crippen LogP contribution in [-0.2, 0) is 4.79 Å². The number of carbonyl (C=O) groups excluding carboxylic acids is 1. The van der Waals surface area contributed by atoms with Crippen LogP contribution in [-0.4, -0.2) is 60.5 Å². The number of nitrogens with two attached hydrogens (primary N) is 2. The van der Waals surface area contributed by atoms with E-state index in [2.05, 4.69) is 9.80 Å². The van der Waals surface area contributed by atoms with Gasteiger partial charge in [-0.2, -0.15) is 0 Å². The zero-order chi connectivity index (χ0) is 12.3. The third-order valence-electron chi connectivity index (χ3n) is 4.04. The lowest BCUT2D eigenvalue weighted by molar-refractivity contribution is -0.119. The minimum absolute atomic E-state index is 0.388. The number of fused-ring (bicyclic) bond motifs is 1. The second-order valence-electron chi connectivity index (χ2n) is 5.28. The van der Waals surface area contributed by atoms with Crippen molar-refractivity contribution in [3.8, 4) is 0 Å². The van der Waals surface area contributed by atoms with Crippen LogP contribution in [0.2, 0.25) is 0 Å². The Morgan fingerprint density at radius 2 is 2.12 bits per heavy atom. The molecule has 0 spiro atoms. The third-order valence-corrected chi connectivity index (χ3v) is 4.04. The molecule has 5 heteroatoms. The molecule has 17 heavy (non-hydrogen) atoms. The molecule has 1 amide bonds. The van der Waals surface area contributed by atoms with E-state index in [1.807, 2.05) is 0 Å². The fourth-order valence-electron chi connectivity index (χ4n) is 2.89. The number of piperidine rings is 1. The molecule has 0 aromatic rings. The number of carbonyl (C=O) groups is 1. The molecular weight excluding hydrogens is 216 g/mol. The lowest BCUT2D eigenvalue weighted by Gasteiger charge is -2.44. The van der Waals surface area contributed by atoms with E-state index >= 15 is 0 Å². The van der Waals surface area contributed by atoms with Gasteiger partial charge < -0.3 is 16.4 Å². The van der Waals surface area contributed by atoms with Crippen LogP contribution in [0.1, 0.15) is 25.7 Å². The minimum Gasteiger partial charge on any atom is -0.368 e. The van der Waals surface area contributed by atoms with Gasteiger partial charge in [0.15, 0.2) is 0 Å². The van der Waals surface area contributed by atoms with E-state index < -0.39 is 6.04 Å². The third kappa shape index (κ3) is 3.40. The van der Waals surface area contributed by atoms with Crippen LogP contribution in [0.15, 0.2) is 0 Å². The fraction of sp³-hybridized carbons (Fsp3) is 0.917. The Kier molecular flexibility index (Phi) is 4.36. The second kappa shape index (κ2) is 5.80. The number of hydrogen-bond donors (Lipinski definition) is 2. The van der Waals surface area contributed by atoms with E-state index in [9.17, 15) is 4.79 Å². The van der Waals surface area contributed by atoms with E-state index in [0.29, 0.717) is 6.42 Å². The van der Waals surface area contributed by atoms with Gasteiger partial charge in [0.1, 0.15) is 0 Å². The summed E-state index contributed by atoms with van der Waals surface area (Å²) in [6.45, 7) is 5.55. The topological polar surface area (TPSA) is 75.6 Å². The van der Waals surface area contributed by atoms with Gasteiger partial charge in [-0.1, -0.05) is 6.42 Å². The van der Waals surface area contributed by atoms with Crippen LogP contribution in [0.25, 0.3) is 0 Å². The molecular formula is C12H24N4O. The summed E-state index contributed by atoms with van der Waals surface area (Å²) in [6.07, 6.45) is 4.71. The SMILES string of the molecule is NC(=O)C(N)CCN1CCN2CCCCC2C1. The van der Waals surface area contributed by atoms with Crippen LogP contribution in [0, 0.1) is 0 Å². The standard InChI is InChI=1S/C12H24N4O/c13-11(12(14)17)4-6-15-7-8-16-5-2-1-3-10(16)9-15/h10-11H,1-9,13H2,(H2,14,17). The Balaban J connectivity index is 1.74. The van der Waals surface area contributed by atoms with E-state index in [1.165, 1.54) is 25.8 Å². The molecule has 2 saturated heterocycles. The predicted molar refractivity (Wildman–Crippen MR) is 67.4 cm³/mol. The molecule has 0 radical (unpaired) electrons. The Bertz CT molecular complexity index is 271. The first-order valence-corrected chi connectivity index (χ1v) is 6.68. The predicted octanol–water partition coefficient (Wildman–Crippen LogP) is -0.641. The van der Waals surface area contributed by atoms with Gasteiger partial charge in [0.2, 0.25) is 5.91 Å². The van der Waals surface area contributed by atoms with E-state index in [0.717, 1.165) is 32.2 Å². The van der Waals surface area contributed by atoms with Gasteiger partial charge in [-0.15, -0.1) is 0 Å². The summed E-state index contributed by atoms with van der Waals surface area (Å²) in [6, 6.07) is 0.238. The number of piperazine rings is 1. The highest BCUT2D eigenvalue weighted by molar-refractivity contribution is 5.79. The Hall–Kier alpha value is -0.650. The van der Waals surface area contributed by atoms with Crippen LogP contribution >= 0.6 is 0 Å². The lowest BCUT2D eigenvalue weighted by Crippen LogP contribution is -2.55. The van der Waals surface area contributed by atoms with Gasteiger partial charge in [0.25, 0.3) is 0 Å². The summed E-state index contributed by atoms with van der Waals surface area (Å²) in [5.74, 6) is -0.388. The zero-order valence-corrected chi connectivity index (χ0v) is 10.5. The Morgan fingerprint density at radius 3 is 2.88 bits per heavy atom. The molecule has 0 aromatic heterocycles. The van der Waals surface area contributed by atoms with Gasteiger partial charge in [0, 0.05) is 32.2 Å². The van der Waals surface area contributed by atoms with Crippen LogP contribution in [0.3, 0.4) is 0 Å². The van der Waals surface area contributed by atoms with Crippen LogP contribution in [0.5, 0.6) is 0 Å². The van der Waals surface area contributed by atoms with Gasteiger partial charge in [0.05, 0.1) is 6.04 Å². The normalized spacial score (nSPS) is 28.6. The van der Waals surface area contributed by atoms with Crippen molar-refractivity contribution in [3.63, 3.8) is 0 Å². The summed E-state index contributed by atoms with van der Waals surface area (Å²) in [5, 5.41) is 0. The summed E-state index contributed by atoms with van der Waals surface area (Å²) < 4.78 is 0. The molecule has 5 nitrogen and oxygen atoms in total. The van der Waals surface area contributed by atoms with E-state index in [4.69, 9.17) is 11.5 Å². The van der Waals surface area contributed by atoms with Crippen molar-refractivity contribution in [1.82, 2.24) is 9.80 Å². The molecule has 2 aliphatic rings. The number of hydrogen-bond acceptors (Lipinski definition) is 4. The minimum atomic E-state index is -0.487. The monoisotopic (exact) mass is 240 g/mol. The Morgan fingerprint density at radius 1 is 1.29 bits per heavy atom. The molecule has 4 N–H and O–H groups in total. The number of rotatable bonds is 4. The first-order valence-electron chi connectivity index (χ1n) is 6.68. The first-order chi connectivity index (χ1) is 8.16. The lowest BCUT2D eigenvalue weighted by atomic mass is 9.99. The molecule has 2 rings (SSSR count). The second-order valence-corrected chi connectivity index (χ2v) is 5.28. The highest BCUT2D eigenvalue weighted by Crippen LogP contribution is 2.21. The number of primary amides is 1. The number of nitrogens with zero attached hydrogens (tertiary/aromatic N) is 2. The fourth-order valence-corrected chi connectivity index (χ4v) is 2.89. The molecule has 0 bridgehead atoms. The Labute approximate surface area is 103 Å². The average Bonchev–Trinajstić information content (AvgIpc) is 2.35. The largest absolute Gasteiger partial charge is 0.368 e. The molecule has 0 saturated carbocycles. The van der Waals surface area contributed by atoms with Crippen LogP contribution < -0.4 is 11.5 Å². The zero-order valence-electron chi connectivity index (χ0n) is 10.5. The number of amides is 1. The van der Waals surface area contributed by atoms with Gasteiger partial charge in [-0.05, 0) is 25.8 Å².